The first kappa shape index (κ1) is 21.9. The lowest BCUT2D eigenvalue weighted by atomic mass is 10.1. The van der Waals surface area contributed by atoms with Crippen LogP contribution in [-0.4, -0.2) is 28.2 Å². The predicted octanol–water partition coefficient (Wildman–Crippen LogP) is 4.41. The van der Waals surface area contributed by atoms with E-state index in [1.807, 2.05) is 12.1 Å². The van der Waals surface area contributed by atoms with Gasteiger partial charge in [-0.15, -0.1) is 0 Å². The molecular formula is C22H21F2N3O4. The highest BCUT2D eigenvalue weighted by molar-refractivity contribution is 5.67. The van der Waals surface area contributed by atoms with E-state index in [2.05, 4.69) is 15.3 Å². The van der Waals surface area contributed by atoms with E-state index in [1.165, 1.54) is 32.5 Å². The molecule has 0 unspecified atom stereocenters. The molecule has 31 heavy (non-hydrogen) atoms. The predicted molar refractivity (Wildman–Crippen MR) is 110 cm³/mol. The van der Waals surface area contributed by atoms with Gasteiger partial charge < -0.3 is 19.9 Å². The van der Waals surface area contributed by atoms with Crippen molar-refractivity contribution < 1.29 is 28.2 Å². The molecule has 7 nitrogen and oxygen atoms in total. The van der Waals surface area contributed by atoms with Gasteiger partial charge in [-0.3, -0.25) is 4.79 Å². The zero-order chi connectivity index (χ0) is 22.4. The standard InChI is InChI=1S/C22H21F2N3O4/c1-13-9-18(30-2)21(24)17(20(13)23)12-31-16-10-25-22(26-11-16)27-15-6-3-14(4-7-15)5-8-19(28)29/h3-4,6-7,9-11H,5,8,12H2,1-2H3,(H,28,29)(H,25,26,27). The zero-order valence-electron chi connectivity index (χ0n) is 17.0. The molecule has 0 spiro atoms. The van der Waals surface area contributed by atoms with Crippen LogP contribution in [0.3, 0.4) is 0 Å². The summed E-state index contributed by atoms with van der Waals surface area (Å²) in [6.45, 7) is 1.17. The number of carboxylic acids is 1. The van der Waals surface area contributed by atoms with Crippen LogP contribution < -0.4 is 14.8 Å². The van der Waals surface area contributed by atoms with Crippen LogP contribution in [0.15, 0.2) is 42.7 Å². The SMILES string of the molecule is COc1cc(C)c(F)c(COc2cnc(Nc3ccc(CCC(=O)O)cc3)nc2)c1F. The number of aryl methyl sites for hydroxylation is 2. The summed E-state index contributed by atoms with van der Waals surface area (Å²) in [5.74, 6) is -1.85. The smallest absolute Gasteiger partial charge is 0.303 e. The van der Waals surface area contributed by atoms with E-state index in [0.717, 1.165) is 11.3 Å². The number of hydrogen-bond acceptors (Lipinski definition) is 6. The Morgan fingerprint density at radius 1 is 1.13 bits per heavy atom. The number of ether oxygens (including phenoxy) is 2. The van der Waals surface area contributed by atoms with E-state index in [1.54, 1.807) is 12.1 Å². The summed E-state index contributed by atoms with van der Waals surface area (Å²) in [5.41, 5.74) is 1.65. The van der Waals surface area contributed by atoms with E-state index in [4.69, 9.17) is 14.6 Å². The van der Waals surface area contributed by atoms with Crippen LogP contribution in [0.2, 0.25) is 0 Å². The molecule has 1 heterocycles. The number of benzene rings is 2. The molecule has 1 aromatic heterocycles. The second kappa shape index (κ2) is 9.84. The summed E-state index contributed by atoms with van der Waals surface area (Å²) in [4.78, 5) is 18.9. The Morgan fingerprint density at radius 3 is 2.42 bits per heavy atom. The van der Waals surface area contributed by atoms with Gasteiger partial charge in [0, 0.05) is 12.1 Å². The van der Waals surface area contributed by atoms with Crippen molar-refractivity contribution in [3.63, 3.8) is 0 Å². The Balaban J connectivity index is 1.61. The third-order valence-corrected chi connectivity index (χ3v) is 4.51. The first-order valence-corrected chi connectivity index (χ1v) is 9.41. The molecule has 0 saturated heterocycles. The van der Waals surface area contributed by atoms with Crippen molar-refractivity contribution in [1.29, 1.82) is 0 Å². The molecule has 0 aliphatic heterocycles. The van der Waals surface area contributed by atoms with Crippen LogP contribution in [0.4, 0.5) is 20.4 Å². The zero-order valence-corrected chi connectivity index (χ0v) is 17.0. The van der Waals surface area contributed by atoms with Gasteiger partial charge in [0.1, 0.15) is 12.4 Å². The fourth-order valence-electron chi connectivity index (χ4n) is 2.83. The molecule has 0 radical (unpaired) electrons. The normalized spacial score (nSPS) is 10.6. The minimum Gasteiger partial charge on any atom is -0.494 e. The lowest BCUT2D eigenvalue weighted by Gasteiger charge is -2.12. The number of nitrogens with one attached hydrogen (secondary N) is 1. The number of halogens is 2. The summed E-state index contributed by atoms with van der Waals surface area (Å²) in [5, 5.41) is 11.7. The van der Waals surface area contributed by atoms with Crippen LogP contribution in [0.5, 0.6) is 11.5 Å². The summed E-state index contributed by atoms with van der Waals surface area (Å²) < 4.78 is 38.9. The molecule has 3 rings (SSSR count). The number of carboxylic acid groups (broad SMARTS) is 1. The average molecular weight is 429 g/mol. The number of aliphatic carboxylic acids is 1. The van der Waals surface area contributed by atoms with Gasteiger partial charge in [-0.25, -0.2) is 18.7 Å². The van der Waals surface area contributed by atoms with Crippen LogP contribution in [0.1, 0.15) is 23.1 Å². The van der Waals surface area contributed by atoms with Gasteiger partial charge in [0.2, 0.25) is 5.95 Å². The number of hydrogen-bond donors (Lipinski definition) is 2. The molecule has 3 aromatic rings. The summed E-state index contributed by atoms with van der Waals surface area (Å²) in [7, 11) is 1.31. The fourth-order valence-corrected chi connectivity index (χ4v) is 2.83. The van der Waals surface area contributed by atoms with E-state index in [0.29, 0.717) is 12.4 Å². The molecule has 0 atom stereocenters. The van der Waals surface area contributed by atoms with E-state index in [-0.39, 0.29) is 35.7 Å². The maximum atomic E-state index is 14.3. The van der Waals surface area contributed by atoms with E-state index in [9.17, 15) is 13.6 Å². The Kier molecular flexibility index (Phi) is 6.96. The van der Waals surface area contributed by atoms with Crippen LogP contribution >= 0.6 is 0 Å². The second-order valence-electron chi connectivity index (χ2n) is 6.75. The van der Waals surface area contributed by atoms with Gasteiger partial charge in [-0.1, -0.05) is 12.1 Å². The van der Waals surface area contributed by atoms with Crippen molar-refractivity contribution >= 4 is 17.6 Å². The third-order valence-electron chi connectivity index (χ3n) is 4.51. The topological polar surface area (TPSA) is 93.6 Å². The highest BCUT2D eigenvalue weighted by Gasteiger charge is 2.18. The van der Waals surface area contributed by atoms with Crippen LogP contribution in [0.25, 0.3) is 0 Å². The highest BCUT2D eigenvalue weighted by Crippen LogP contribution is 2.27. The van der Waals surface area contributed by atoms with Gasteiger partial charge in [0.15, 0.2) is 17.3 Å². The first-order chi connectivity index (χ1) is 14.9. The van der Waals surface area contributed by atoms with Crippen LogP contribution in [0, 0.1) is 18.6 Å². The van der Waals surface area contributed by atoms with Gasteiger partial charge in [0.25, 0.3) is 0 Å². The third kappa shape index (κ3) is 5.65. The number of rotatable bonds is 9. The number of methoxy groups -OCH3 is 1. The van der Waals surface area contributed by atoms with Crippen molar-refractivity contribution in [3.05, 3.63) is 71.1 Å². The second-order valence-corrected chi connectivity index (χ2v) is 6.75. The van der Waals surface area contributed by atoms with Gasteiger partial charge in [-0.2, -0.15) is 0 Å². The average Bonchev–Trinajstić information content (AvgIpc) is 2.77. The number of aromatic nitrogens is 2. The Labute approximate surface area is 177 Å². The molecule has 2 N–H and O–H groups in total. The maximum Gasteiger partial charge on any atom is 0.303 e. The maximum absolute atomic E-state index is 14.3. The molecule has 0 fully saturated rings. The number of nitrogens with zero attached hydrogens (tertiary/aromatic N) is 2. The molecule has 9 heteroatoms. The molecule has 162 valence electrons. The van der Waals surface area contributed by atoms with Crippen LogP contribution in [-0.2, 0) is 17.8 Å². The molecule has 2 aromatic carbocycles. The van der Waals surface area contributed by atoms with Gasteiger partial charge >= 0.3 is 5.97 Å². The van der Waals surface area contributed by atoms with Crippen molar-refractivity contribution in [1.82, 2.24) is 9.97 Å². The monoisotopic (exact) mass is 429 g/mol. The lowest BCUT2D eigenvalue weighted by Crippen LogP contribution is -2.06. The summed E-state index contributed by atoms with van der Waals surface area (Å²) >= 11 is 0. The molecule has 0 amide bonds. The molecule has 0 saturated carbocycles. The molecular weight excluding hydrogens is 408 g/mol. The summed E-state index contributed by atoms with van der Waals surface area (Å²) in [6.07, 6.45) is 3.30. The molecule has 0 bridgehead atoms. The fraction of sp³-hybridized carbons (Fsp3) is 0.227. The van der Waals surface area contributed by atoms with Crippen molar-refractivity contribution in [3.8, 4) is 11.5 Å². The van der Waals surface area contributed by atoms with Gasteiger partial charge in [-0.05, 0) is 42.7 Å². The largest absolute Gasteiger partial charge is 0.494 e. The first-order valence-electron chi connectivity index (χ1n) is 9.41. The highest BCUT2D eigenvalue weighted by atomic mass is 19.1. The minimum atomic E-state index is -0.843. The number of anilines is 2. The quantitative estimate of drug-likeness (QED) is 0.520. The summed E-state index contributed by atoms with van der Waals surface area (Å²) in [6, 6.07) is 8.52. The van der Waals surface area contributed by atoms with Gasteiger partial charge in [0.05, 0.1) is 25.1 Å². The number of carbonyl (C=O) groups is 1. The lowest BCUT2D eigenvalue weighted by molar-refractivity contribution is -0.136. The molecule has 0 aliphatic rings. The van der Waals surface area contributed by atoms with E-state index >= 15 is 0 Å². The van der Waals surface area contributed by atoms with Crippen molar-refractivity contribution in [2.24, 2.45) is 0 Å². The van der Waals surface area contributed by atoms with Crippen molar-refractivity contribution in [2.75, 3.05) is 12.4 Å². The minimum absolute atomic E-state index is 0.0534. The Hall–Kier alpha value is -3.75. The molecule has 0 aliphatic carbocycles. The van der Waals surface area contributed by atoms with E-state index < -0.39 is 17.6 Å². The Bertz CT molecular complexity index is 1060. The van der Waals surface area contributed by atoms with Crippen molar-refractivity contribution in [2.45, 2.75) is 26.4 Å². The Morgan fingerprint density at radius 2 is 1.81 bits per heavy atom.